The second kappa shape index (κ2) is 20.1. The van der Waals surface area contributed by atoms with Crippen LogP contribution in [-0.2, 0) is 48.1 Å². The van der Waals surface area contributed by atoms with Gasteiger partial charge in [-0.2, -0.15) is 12.1 Å². The molecule has 0 saturated carbocycles. The Morgan fingerprint density at radius 1 is 0.537 bits per heavy atom. The smallest absolute Gasteiger partial charge is 0.135 e. The molecule has 5 nitrogen and oxygen atoms in total. The molecule has 0 unspecified atom stereocenters. The van der Waals surface area contributed by atoms with Gasteiger partial charge in [0.05, 0.1) is 11.0 Å². The Bertz CT molecular complexity index is 4440. The van der Waals surface area contributed by atoms with E-state index in [4.69, 9.17) is 15.2 Å². The van der Waals surface area contributed by atoms with Crippen molar-refractivity contribution in [3.05, 3.63) is 222 Å². The molecule has 8 aromatic carbocycles. The topological polar surface area (TPSA) is 33.5 Å². The fourth-order valence-corrected chi connectivity index (χ4v) is 11.4. The van der Waals surface area contributed by atoms with Gasteiger partial charge in [-0.15, -0.1) is 48.1 Å². The van der Waals surface area contributed by atoms with Crippen LogP contribution in [0.15, 0.2) is 176 Å². The summed E-state index contributed by atoms with van der Waals surface area (Å²) in [5.74, 6) is 1.19. The van der Waals surface area contributed by atoms with Crippen LogP contribution in [0.3, 0.4) is 0 Å². The monoisotopic (exact) mass is 1240 g/mol. The second-order valence-electron chi connectivity index (χ2n) is 25.9. The van der Waals surface area contributed by atoms with Crippen LogP contribution < -0.4 is 14.5 Å². The van der Waals surface area contributed by atoms with Crippen molar-refractivity contribution in [2.75, 3.05) is 9.80 Å². The molecule has 0 spiro atoms. The maximum atomic E-state index is 10.0. The van der Waals surface area contributed by atoms with E-state index in [1.54, 1.807) is 22.9 Å². The minimum Gasteiger partial charge on any atom is -0.509 e. The summed E-state index contributed by atoms with van der Waals surface area (Å²) in [6.45, 7) is 30.6. The van der Waals surface area contributed by atoms with E-state index in [1.165, 1.54) is 11.1 Å². The molecule has 0 bridgehead atoms. The maximum absolute atomic E-state index is 10.0. The van der Waals surface area contributed by atoms with Crippen molar-refractivity contribution in [2.24, 2.45) is 0 Å². The first-order valence-corrected chi connectivity index (χ1v) is 27.6. The van der Waals surface area contributed by atoms with Gasteiger partial charge in [0.25, 0.3) is 0 Å². The van der Waals surface area contributed by atoms with E-state index < -0.39 is 5.41 Å². The third kappa shape index (κ3) is 9.99. The predicted octanol–water partition coefficient (Wildman–Crippen LogP) is 20.2. The van der Waals surface area contributed by atoms with E-state index in [-0.39, 0.29) is 102 Å². The molecule has 408 valence electrons. The quantitative estimate of drug-likeness (QED) is 0.142. The van der Waals surface area contributed by atoms with E-state index in [1.807, 2.05) is 84.4 Å². The van der Waals surface area contributed by atoms with E-state index >= 15 is 0 Å². The Morgan fingerprint density at radius 3 is 1.84 bits per heavy atom. The zero-order chi connectivity index (χ0) is 62.4. The molecular formula is C74H73N4OPt-3. The number of benzene rings is 8. The molecule has 2 aliphatic rings. The second-order valence-corrected chi connectivity index (χ2v) is 25.9. The summed E-state index contributed by atoms with van der Waals surface area (Å²) < 4.78 is 83.6. The van der Waals surface area contributed by atoms with Crippen LogP contribution in [0.5, 0.6) is 11.5 Å². The number of anilines is 4. The van der Waals surface area contributed by atoms with Crippen LogP contribution in [0, 0.1) is 18.8 Å². The van der Waals surface area contributed by atoms with Crippen LogP contribution in [0.1, 0.15) is 142 Å². The van der Waals surface area contributed by atoms with Crippen molar-refractivity contribution < 1.29 is 36.8 Å². The summed E-state index contributed by atoms with van der Waals surface area (Å²) in [7, 11) is 0. The Kier molecular flexibility index (Phi) is 11.4. The minimum absolute atomic E-state index is 0. The van der Waals surface area contributed by atoms with E-state index in [0.717, 1.165) is 52.0 Å². The number of fused-ring (bicyclic) bond motifs is 5. The van der Waals surface area contributed by atoms with Crippen LogP contribution >= 0.6 is 0 Å². The number of aromatic nitrogens is 2. The fraction of sp³-hybridized carbons (Fsp3) is 0.270. The van der Waals surface area contributed by atoms with Gasteiger partial charge in [-0.1, -0.05) is 192 Å². The first-order valence-electron chi connectivity index (χ1n) is 31.6. The van der Waals surface area contributed by atoms with Crippen molar-refractivity contribution in [1.82, 2.24) is 9.55 Å². The van der Waals surface area contributed by atoms with Gasteiger partial charge < -0.3 is 19.1 Å². The van der Waals surface area contributed by atoms with E-state index in [2.05, 4.69) is 143 Å². The third-order valence-corrected chi connectivity index (χ3v) is 16.3. The van der Waals surface area contributed by atoms with E-state index in [9.17, 15) is 5.48 Å². The number of nitrogens with zero attached hydrogens (tertiary/aromatic N) is 4. The summed E-state index contributed by atoms with van der Waals surface area (Å²) >= 11 is 0. The number of pyridine rings is 1. The van der Waals surface area contributed by atoms with Gasteiger partial charge in [0.2, 0.25) is 0 Å². The van der Waals surface area contributed by atoms with Crippen molar-refractivity contribution in [1.29, 1.82) is 0 Å². The van der Waals surface area contributed by atoms with Crippen molar-refractivity contribution in [2.45, 2.75) is 130 Å². The average Bonchev–Trinajstić information content (AvgIpc) is 1.48. The molecule has 12 rings (SSSR count). The standard InChI is InChI=1S/C74H73N4O.Pt/c1-70(2,3)52-32-29-49(30-33-52)48-25-27-50(28-26-48)60-42-54(72(7,8)9)43-61(51-31-36-62-63(41-51)74(12,13)39-38-73(62,10)11)69(60)77-47-76(65-23-16-17-24-66(65)77)55-19-18-20-56(45-55)79-57-34-35-59-58-21-14-15-22-64(58)78(67(59)46-57)68-44-53(37-40-75-68)71(4,5)6;/h14-37,40-44,47H,38-39H2,1-13H3;/q-3;/i14D,15D,21D,22D,25D,26D,27D,28D;. The Hall–Kier alpha value is -7.20. The van der Waals surface area contributed by atoms with Gasteiger partial charge in [0.15, 0.2) is 0 Å². The number of rotatable bonds is 8. The van der Waals surface area contributed by atoms with Gasteiger partial charge in [0, 0.05) is 72.5 Å². The average molecular weight is 1240 g/mol. The third-order valence-electron chi connectivity index (χ3n) is 16.3. The molecule has 0 N–H and O–H groups in total. The zero-order valence-corrected chi connectivity index (χ0v) is 50.4. The zero-order valence-electron chi connectivity index (χ0n) is 56.1. The molecule has 3 heterocycles. The Balaban J connectivity index is 0.00000800. The first-order chi connectivity index (χ1) is 40.9. The molecular weight excluding hydrogens is 1160 g/mol. The Labute approximate surface area is 501 Å². The van der Waals surface area contributed by atoms with Crippen molar-refractivity contribution in [3.63, 3.8) is 0 Å². The Morgan fingerprint density at radius 2 is 1.15 bits per heavy atom. The molecule has 80 heavy (non-hydrogen) atoms. The summed E-state index contributed by atoms with van der Waals surface area (Å²) in [5, 5.41) is 0.930. The first kappa shape index (κ1) is 45.5. The van der Waals surface area contributed by atoms with Gasteiger partial charge in [-0.3, -0.25) is 0 Å². The molecule has 0 fully saturated rings. The molecule has 0 saturated heterocycles. The molecule has 1 aliphatic heterocycles. The largest absolute Gasteiger partial charge is 0.509 e. The molecule has 0 radical (unpaired) electrons. The minimum atomic E-state index is -0.406. The maximum Gasteiger partial charge on any atom is 0.135 e. The van der Waals surface area contributed by atoms with Crippen molar-refractivity contribution in [3.8, 4) is 50.7 Å². The number of ether oxygens (including phenoxy) is 1. The fourth-order valence-electron chi connectivity index (χ4n) is 11.4. The molecule has 0 amide bonds. The van der Waals surface area contributed by atoms with E-state index in [0.29, 0.717) is 61.6 Å². The van der Waals surface area contributed by atoms with Crippen LogP contribution in [-0.4, -0.2) is 9.55 Å². The van der Waals surface area contributed by atoms with Gasteiger partial charge >= 0.3 is 0 Å². The summed E-state index contributed by atoms with van der Waals surface area (Å²) in [6.07, 6.45) is 3.80. The SMILES string of the molecule is [2H]c1c([2H])c(-c2cc(C(C)(C)C)cc(-c3ccc4c(c3)C(C)(C)CCC4(C)C)c2N2[CH-]N(c3[c-]c(Oc4[c-]c5c(cc4)c4c([2H])c([2H])c([2H])c([2H])c4n5-c4cc(C(C)(C)C)ccn4)ccc3)c3ccccc32)c([2H])c([2H])c1-c1ccc(C(C)(C)C)cc1.[Pt]. The van der Waals surface area contributed by atoms with Gasteiger partial charge in [-0.05, 0) is 138 Å². The predicted molar refractivity (Wildman–Crippen MR) is 332 cm³/mol. The summed E-state index contributed by atoms with van der Waals surface area (Å²) in [4.78, 5) is 8.93. The van der Waals surface area contributed by atoms with Crippen molar-refractivity contribution >= 4 is 44.6 Å². The van der Waals surface area contributed by atoms with Crippen LogP contribution in [0.25, 0.3) is 61.0 Å². The van der Waals surface area contributed by atoms with Gasteiger partial charge in [0.1, 0.15) is 5.82 Å². The molecule has 2 aromatic heterocycles. The number of para-hydroxylation sites is 3. The van der Waals surface area contributed by atoms with Crippen LogP contribution in [0.4, 0.5) is 22.7 Å². The van der Waals surface area contributed by atoms with Gasteiger partial charge in [-0.25, -0.2) is 4.98 Å². The number of hydrogen-bond acceptors (Lipinski definition) is 4. The summed E-state index contributed by atoms with van der Waals surface area (Å²) in [5.41, 5.74) is 12.0. The molecule has 1 aliphatic carbocycles. The normalized spacial score (nSPS) is 16.4. The summed E-state index contributed by atoms with van der Waals surface area (Å²) in [6, 6.07) is 45.7. The molecule has 6 heteroatoms. The molecule has 10 aromatic rings. The van der Waals surface area contributed by atoms with Crippen LogP contribution in [0.2, 0.25) is 0 Å². The number of hydrogen-bond donors (Lipinski definition) is 0. The molecule has 0 atom stereocenters.